The topological polar surface area (TPSA) is 76.3 Å². The lowest BCUT2D eigenvalue weighted by molar-refractivity contribution is 0.0851. The fraction of sp³-hybridized carbons (Fsp3) is 0.316. The van der Waals surface area contributed by atoms with Crippen LogP contribution in [0, 0.1) is 23.4 Å². The van der Waals surface area contributed by atoms with Crippen LogP contribution in [0.25, 0.3) is 11.3 Å². The Bertz CT molecular complexity index is 916. The zero-order valence-electron chi connectivity index (χ0n) is 15.0. The van der Waals surface area contributed by atoms with Crippen molar-refractivity contribution in [1.82, 2.24) is 9.88 Å². The van der Waals surface area contributed by atoms with E-state index in [1.165, 1.54) is 18.2 Å². The maximum atomic E-state index is 14.5. The smallest absolute Gasteiger partial charge is 0.254 e. The van der Waals surface area contributed by atoms with Crippen LogP contribution >= 0.6 is 12.4 Å². The number of hydrogen-bond acceptors (Lipinski definition) is 4. The first-order chi connectivity index (χ1) is 12.8. The van der Waals surface area contributed by atoms with Gasteiger partial charge in [-0.1, -0.05) is 6.07 Å². The molecule has 1 amide bonds. The molecule has 0 spiro atoms. The van der Waals surface area contributed by atoms with Gasteiger partial charge in [0.25, 0.3) is 5.91 Å². The summed E-state index contributed by atoms with van der Waals surface area (Å²) in [6.07, 6.45) is 1.35. The van der Waals surface area contributed by atoms with Crippen molar-refractivity contribution in [2.45, 2.75) is 12.8 Å². The highest BCUT2D eigenvalue weighted by molar-refractivity contribution is 5.97. The Kier molecular flexibility index (Phi) is 6.79. The van der Waals surface area contributed by atoms with E-state index in [9.17, 15) is 22.8 Å². The van der Waals surface area contributed by atoms with Gasteiger partial charge in [0.1, 0.15) is 22.9 Å². The van der Waals surface area contributed by atoms with Gasteiger partial charge in [-0.05, 0) is 45.1 Å². The number of pyridine rings is 1. The Balaban J connectivity index is 0.00000280. The summed E-state index contributed by atoms with van der Waals surface area (Å²) < 4.78 is 42.4. The number of Topliss-reactive ketones (excluding diaryl/α,β-unsaturated/α-hetero) is 1. The predicted octanol–water partition coefficient (Wildman–Crippen LogP) is 3.21. The molecule has 1 aromatic carbocycles. The van der Waals surface area contributed by atoms with Gasteiger partial charge in [0, 0.05) is 12.0 Å². The largest absolute Gasteiger partial charge is 0.365 e. The molecule has 28 heavy (non-hydrogen) atoms. The van der Waals surface area contributed by atoms with E-state index in [0.717, 1.165) is 13.1 Å². The predicted molar refractivity (Wildman–Crippen MR) is 99.9 cm³/mol. The molecule has 0 radical (unpaired) electrons. The van der Waals surface area contributed by atoms with Crippen LogP contribution in [0.4, 0.5) is 13.2 Å². The van der Waals surface area contributed by atoms with Gasteiger partial charge >= 0.3 is 0 Å². The highest BCUT2D eigenvalue weighted by Gasteiger charge is 2.27. The molecular formula is C19H19ClF3N3O2. The van der Waals surface area contributed by atoms with Crippen LogP contribution in [0.1, 0.15) is 33.7 Å². The van der Waals surface area contributed by atoms with Crippen molar-refractivity contribution in [1.29, 1.82) is 0 Å². The number of benzene rings is 1. The molecule has 2 N–H and O–H groups in total. The van der Waals surface area contributed by atoms with Crippen molar-refractivity contribution in [2.24, 2.45) is 11.7 Å². The van der Waals surface area contributed by atoms with Crippen LogP contribution < -0.4 is 5.73 Å². The lowest BCUT2D eigenvalue weighted by Crippen LogP contribution is -2.33. The minimum absolute atomic E-state index is 0. The second-order valence-electron chi connectivity index (χ2n) is 6.62. The number of hydrogen-bond donors (Lipinski definition) is 1. The molecular weight excluding hydrogens is 395 g/mol. The third-order valence-electron chi connectivity index (χ3n) is 4.76. The fourth-order valence-electron chi connectivity index (χ4n) is 3.24. The number of piperidine rings is 1. The van der Waals surface area contributed by atoms with E-state index in [4.69, 9.17) is 5.73 Å². The number of amides is 1. The molecule has 5 nitrogen and oxygen atoms in total. The monoisotopic (exact) mass is 413 g/mol. The number of nitrogens with zero attached hydrogens (tertiary/aromatic N) is 2. The van der Waals surface area contributed by atoms with Crippen LogP contribution in [-0.4, -0.2) is 41.7 Å². The van der Waals surface area contributed by atoms with Gasteiger partial charge in [0.05, 0.1) is 11.3 Å². The molecule has 9 heteroatoms. The Hall–Kier alpha value is -2.45. The minimum atomic E-state index is -1.43. The highest BCUT2D eigenvalue weighted by atomic mass is 35.5. The van der Waals surface area contributed by atoms with E-state index >= 15 is 0 Å². The van der Waals surface area contributed by atoms with Crippen molar-refractivity contribution in [3.63, 3.8) is 0 Å². The first-order valence-corrected chi connectivity index (χ1v) is 8.47. The molecule has 3 rings (SSSR count). The molecule has 1 aliphatic rings. The van der Waals surface area contributed by atoms with Crippen molar-refractivity contribution in [2.75, 3.05) is 20.1 Å². The number of carbonyl (C=O) groups is 2. The normalized spacial score (nSPS) is 15.1. The molecule has 2 aromatic rings. The maximum Gasteiger partial charge on any atom is 0.254 e. The van der Waals surface area contributed by atoms with Gasteiger partial charge in [-0.2, -0.15) is 0 Å². The van der Waals surface area contributed by atoms with E-state index < -0.39 is 34.5 Å². The van der Waals surface area contributed by atoms with Crippen molar-refractivity contribution in [3.8, 4) is 11.3 Å². The quantitative estimate of drug-likeness (QED) is 0.781. The molecule has 0 unspecified atom stereocenters. The van der Waals surface area contributed by atoms with Gasteiger partial charge in [0.2, 0.25) is 0 Å². The Morgan fingerprint density at radius 3 is 2.39 bits per heavy atom. The molecule has 0 saturated carbocycles. The third-order valence-corrected chi connectivity index (χ3v) is 4.76. The summed E-state index contributed by atoms with van der Waals surface area (Å²) in [5.41, 5.74) is 3.12. The summed E-state index contributed by atoms with van der Waals surface area (Å²) in [6, 6.07) is 4.58. The van der Waals surface area contributed by atoms with Gasteiger partial charge in [-0.3, -0.25) is 9.59 Å². The number of rotatable bonds is 4. The first kappa shape index (κ1) is 21.8. The van der Waals surface area contributed by atoms with E-state index in [1.807, 2.05) is 7.05 Å². The van der Waals surface area contributed by atoms with Crippen molar-refractivity contribution >= 4 is 24.1 Å². The molecule has 150 valence electrons. The van der Waals surface area contributed by atoms with Gasteiger partial charge in [-0.25, -0.2) is 18.2 Å². The second-order valence-corrected chi connectivity index (χ2v) is 6.62. The standard InChI is InChI=1S/C19H18F3N3O2.ClH/c1-25-7-5-10(6-8-25)18(26)14-4-2-3-13(24-14)15-11(20)9-12(21)16(17(15)22)19(23)27;/h2-4,9-10H,5-8H2,1H3,(H2,23,27);1H. The summed E-state index contributed by atoms with van der Waals surface area (Å²) in [7, 11) is 1.97. The van der Waals surface area contributed by atoms with Crippen molar-refractivity contribution < 1.29 is 22.8 Å². The lowest BCUT2D eigenvalue weighted by Gasteiger charge is -2.27. The maximum absolute atomic E-state index is 14.5. The number of nitrogens with two attached hydrogens (primary N) is 1. The van der Waals surface area contributed by atoms with E-state index in [-0.39, 0.29) is 35.5 Å². The minimum Gasteiger partial charge on any atom is -0.365 e. The molecule has 1 aliphatic heterocycles. The number of carbonyl (C=O) groups excluding carboxylic acids is 2. The average molecular weight is 414 g/mol. The molecule has 1 fully saturated rings. The number of aromatic nitrogens is 1. The summed E-state index contributed by atoms with van der Waals surface area (Å²) in [5.74, 6) is -5.83. The summed E-state index contributed by atoms with van der Waals surface area (Å²) in [5, 5.41) is 0. The molecule has 1 saturated heterocycles. The SMILES string of the molecule is CN1CCC(C(=O)c2cccc(-c3c(F)cc(F)c(C(N)=O)c3F)n2)CC1.Cl. The zero-order chi connectivity index (χ0) is 19.7. The average Bonchev–Trinajstić information content (AvgIpc) is 2.61. The van der Waals surface area contributed by atoms with Gasteiger partial charge < -0.3 is 10.6 Å². The summed E-state index contributed by atoms with van der Waals surface area (Å²) >= 11 is 0. The fourth-order valence-corrected chi connectivity index (χ4v) is 3.24. The van der Waals surface area contributed by atoms with E-state index in [2.05, 4.69) is 9.88 Å². The van der Waals surface area contributed by atoms with Crippen LogP contribution in [0.3, 0.4) is 0 Å². The number of halogens is 4. The van der Waals surface area contributed by atoms with Crippen LogP contribution in [0.5, 0.6) is 0 Å². The van der Waals surface area contributed by atoms with E-state index in [0.29, 0.717) is 18.9 Å². The number of ketones is 1. The van der Waals surface area contributed by atoms with Crippen LogP contribution in [0.15, 0.2) is 24.3 Å². The van der Waals surface area contributed by atoms with Crippen LogP contribution in [0.2, 0.25) is 0 Å². The summed E-state index contributed by atoms with van der Waals surface area (Å²) in [6.45, 7) is 1.55. The molecule has 0 bridgehead atoms. The van der Waals surface area contributed by atoms with E-state index in [1.54, 1.807) is 0 Å². The number of likely N-dealkylation sites (tertiary alicyclic amines) is 1. The Morgan fingerprint density at radius 1 is 1.14 bits per heavy atom. The van der Waals surface area contributed by atoms with Gasteiger partial charge in [0.15, 0.2) is 11.6 Å². The highest BCUT2D eigenvalue weighted by Crippen LogP contribution is 2.29. The van der Waals surface area contributed by atoms with Crippen molar-refractivity contribution in [3.05, 3.63) is 53.0 Å². The Labute approximate surface area is 166 Å². The zero-order valence-corrected chi connectivity index (χ0v) is 15.9. The van der Waals surface area contributed by atoms with Gasteiger partial charge in [-0.15, -0.1) is 12.4 Å². The first-order valence-electron chi connectivity index (χ1n) is 8.47. The van der Waals surface area contributed by atoms with Crippen LogP contribution in [-0.2, 0) is 0 Å². The Morgan fingerprint density at radius 2 is 1.79 bits per heavy atom. The summed E-state index contributed by atoms with van der Waals surface area (Å²) in [4.78, 5) is 30.2. The third kappa shape index (κ3) is 4.18. The molecule has 0 aliphatic carbocycles. The second kappa shape index (κ2) is 8.70. The molecule has 0 atom stereocenters. The molecule has 2 heterocycles. The molecule has 1 aromatic heterocycles. The lowest BCUT2D eigenvalue weighted by atomic mass is 9.91. The number of primary amides is 1.